The summed E-state index contributed by atoms with van der Waals surface area (Å²) in [5, 5.41) is 3.70. The molecule has 0 saturated heterocycles. The van der Waals surface area contributed by atoms with Crippen LogP contribution in [0, 0.1) is 0 Å². The Morgan fingerprint density at radius 1 is 1.64 bits per heavy atom. The van der Waals surface area contributed by atoms with Crippen LogP contribution in [0.5, 0.6) is 0 Å². The third-order valence-electron chi connectivity index (χ3n) is 1.13. The van der Waals surface area contributed by atoms with Crippen LogP contribution in [0.4, 0.5) is 0 Å². The van der Waals surface area contributed by atoms with Crippen LogP contribution in [0.25, 0.3) is 0 Å². The van der Waals surface area contributed by atoms with Crippen LogP contribution in [0.3, 0.4) is 0 Å². The second kappa shape index (κ2) is 7.91. The van der Waals surface area contributed by atoms with Crippen LogP contribution in [0.1, 0.15) is 13.3 Å². The first-order valence-electron chi connectivity index (χ1n) is 3.87. The molecule has 4 heteroatoms. The minimum atomic E-state index is 0.625. The second-order valence-corrected chi connectivity index (χ2v) is 2.60. The van der Waals surface area contributed by atoms with E-state index in [1.807, 2.05) is 6.92 Å². The number of thiocarbonyl (C=S) groups is 1. The molecular weight excluding hydrogens is 160 g/mol. The predicted molar refractivity (Wildman–Crippen MR) is 50.8 cm³/mol. The fourth-order valence-electron chi connectivity index (χ4n) is 0.547. The van der Waals surface area contributed by atoms with Crippen molar-refractivity contribution in [3.05, 3.63) is 0 Å². The van der Waals surface area contributed by atoms with Crippen LogP contribution >= 0.6 is 12.2 Å². The van der Waals surface area contributed by atoms with Gasteiger partial charge in [0.2, 0.25) is 0 Å². The van der Waals surface area contributed by atoms with E-state index in [0.717, 1.165) is 13.0 Å². The maximum Gasteiger partial charge on any atom is 0.173 e. The largest absolute Gasteiger partial charge is 0.486 e. The molecule has 0 spiro atoms. The molecule has 0 unspecified atom stereocenters. The van der Waals surface area contributed by atoms with E-state index in [2.05, 4.69) is 5.32 Å². The van der Waals surface area contributed by atoms with Crippen molar-refractivity contribution in [2.45, 2.75) is 13.3 Å². The van der Waals surface area contributed by atoms with E-state index in [9.17, 15) is 0 Å². The molecule has 0 aliphatic rings. The maximum absolute atomic E-state index is 5.28. The molecule has 11 heavy (non-hydrogen) atoms. The molecule has 0 aliphatic carbocycles. The standard InChI is InChI=1S/C7H16N2OS/c1-2-9-6-7(11)10-5-3-4-8/h9H,2-6,8H2,1H3. The van der Waals surface area contributed by atoms with Crippen molar-refractivity contribution >= 4 is 17.3 Å². The summed E-state index contributed by atoms with van der Waals surface area (Å²) in [7, 11) is 0. The summed E-state index contributed by atoms with van der Waals surface area (Å²) in [6, 6.07) is 0. The topological polar surface area (TPSA) is 47.3 Å². The molecule has 0 amide bonds. The summed E-state index contributed by atoms with van der Waals surface area (Å²) >= 11 is 4.91. The highest BCUT2D eigenvalue weighted by Gasteiger charge is 1.94. The number of hydrogen-bond acceptors (Lipinski definition) is 4. The SMILES string of the molecule is CCNCC(=S)OCCCN. The van der Waals surface area contributed by atoms with E-state index >= 15 is 0 Å². The smallest absolute Gasteiger partial charge is 0.173 e. The first kappa shape index (κ1) is 10.8. The third kappa shape index (κ3) is 7.71. The summed E-state index contributed by atoms with van der Waals surface area (Å²) in [6.45, 7) is 4.91. The van der Waals surface area contributed by atoms with Crippen LogP contribution in [0.15, 0.2) is 0 Å². The normalized spacial score (nSPS) is 9.64. The molecule has 3 nitrogen and oxygen atoms in total. The summed E-state index contributed by atoms with van der Waals surface area (Å²) in [5.74, 6) is 0. The molecule has 0 radical (unpaired) electrons. The Bertz CT molecular complexity index is 109. The Morgan fingerprint density at radius 2 is 2.36 bits per heavy atom. The Kier molecular flexibility index (Phi) is 7.78. The lowest BCUT2D eigenvalue weighted by atomic mass is 10.5. The number of nitrogens with one attached hydrogen (secondary N) is 1. The van der Waals surface area contributed by atoms with Crippen molar-refractivity contribution in [2.75, 3.05) is 26.2 Å². The number of rotatable bonds is 6. The molecule has 0 aliphatic heterocycles. The molecule has 0 atom stereocenters. The lowest BCUT2D eigenvalue weighted by Crippen LogP contribution is -2.23. The highest BCUT2D eigenvalue weighted by Crippen LogP contribution is 1.83. The average Bonchev–Trinajstić information content (AvgIpc) is 2.01. The van der Waals surface area contributed by atoms with E-state index in [4.69, 9.17) is 22.7 Å². The first-order valence-corrected chi connectivity index (χ1v) is 4.28. The minimum Gasteiger partial charge on any atom is -0.486 e. The Labute approximate surface area is 73.3 Å². The van der Waals surface area contributed by atoms with Gasteiger partial charge in [-0.15, -0.1) is 0 Å². The monoisotopic (exact) mass is 176 g/mol. The van der Waals surface area contributed by atoms with Gasteiger partial charge in [0, 0.05) is 0 Å². The fourth-order valence-corrected chi connectivity index (χ4v) is 0.733. The van der Waals surface area contributed by atoms with Gasteiger partial charge in [-0.05, 0) is 31.7 Å². The number of nitrogens with two attached hydrogens (primary N) is 1. The van der Waals surface area contributed by atoms with Gasteiger partial charge in [-0.25, -0.2) is 0 Å². The van der Waals surface area contributed by atoms with Crippen molar-refractivity contribution in [3.8, 4) is 0 Å². The molecule has 0 aromatic carbocycles. The summed E-state index contributed by atoms with van der Waals surface area (Å²) in [5.41, 5.74) is 5.28. The first-order chi connectivity index (χ1) is 5.31. The van der Waals surface area contributed by atoms with Crippen molar-refractivity contribution in [3.63, 3.8) is 0 Å². The van der Waals surface area contributed by atoms with Gasteiger partial charge < -0.3 is 15.8 Å². The van der Waals surface area contributed by atoms with E-state index in [-0.39, 0.29) is 0 Å². The highest BCUT2D eigenvalue weighted by molar-refractivity contribution is 7.80. The summed E-state index contributed by atoms with van der Waals surface area (Å²) in [4.78, 5) is 0. The zero-order valence-electron chi connectivity index (χ0n) is 6.93. The fraction of sp³-hybridized carbons (Fsp3) is 0.857. The Morgan fingerprint density at radius 3 is 2.91 bits per heavy atom. The van der Waals surface area contributed by atoms with E-state index in [1.54, 1.807) is 0 Å². The maximum atomic E-state index is 5.28. The molecule has 66 valence electrons. The molecule has 0 saturated carbocycles. The van der Waals surface area contributed by atoms with Crippen molar-refractivity contribution < 1.29 is 4.74 Å². The molecule has 0 aromatic rings. The van der Waals surface area contributed by atoms with E-state index in [0.29, 0.717) is 24.7 Å². The Balaban J connectivity index is 3.09. The molecular formula is C7H16N2OS. The summed E-state index contributed by atoms with van der Waals surface area (Å²) < 4.78 is 5.17. The van der Waals surface area contributed by atoms with Crippen molar-refractivity contribution in [2.24, 2.45) is 5.73 Å². The van der Waals surface area contributed by atoms with Gasteiger partial charge in [0.05, 0.1) is 13.2 Å². The summed E-state index contributed by atoms with van der Waals surface area (Å²) in [6.07, 6.45) is 0.867. The second-order valence-electron chi connectivity index (χ2n) is 2.14. The lowest BCUT2D eigenvalue weighted by Gasteiger charge is -2.06. The van der Waals surface area contributed by atoms with Crippen LogP contribution in [-0.4, -0.2) is 31.3 Å². The van der Waals surface area contributed by atoms with Crippen molar-refractivity contribution in [1.29, 1.82) is 0 Å². The highest BCUT2D eigenvalue weighted by atomic mass is 32.1. The molecule has 3 N–H and O–H groups in total. The van der Waals surface area contributed by atoms with Gasteiger partial charge in [-0.2, -0.15) is 0 Å². The van der Waals surface area contributed by atoms with Crippen LogP contribution in [-0.2, 0) is 4.74 Å². The van der Waals surface area contributed by atoms with Gasteiger partial charge in [-0.3, -0.25) is 0 Å². The zero-order valence-corrected chi connectivity index (χ0v) is 7.75. The average molecular weight is 176 g/mol. The van der Waals surface area contributed by atoms with Gasteiger partial charge in [-0.1, -0.05) is 6.92 Å². The van der Waals surface area contributed by atoms with Gasteiger partial charge in [0.15, 0.2) is 5.05 Å². The number of ether oxygens (including phenoxy) is 1. The molecule has 0 rings (SSSR count). The number of hydrogen-bond donors (Lipinski definition) is 2. The van der Waals surface area contributed by atoms with Gasteiger partial charge >= 0.3 is 0 Å². The minimum absolute atomic E-state index is 0.625. The van der Waals surface area contributed by atoms with Crippen LogP contribution in [0.2, 0.25) is 0 Å². The lowest BCUT2D eigenvalue weighted by molar-refractivity contribution is 0.301. The van der Waals surface area contributed by atoms with Crippen LogP contribution < -0.4 is 11.1 Å². The van der Waals surface area contributed by atoms with Gasteiger partial charge in [0.1, 0.15) is 0 Å². The van der Waals surface area contributed by atoms with E-state index in [1.165, 1.54) is 0 Å². The van der Waals surface area contributed by atoms with Gasteiger partial charge in [0.25, 0.3) is 0 Å². The molecule has 0 fully saturated rings. The van der Waals surface area contributed by atoms with Crippen molar-refractivity contribution in [1.82, 2.24) is 5.32 Å². The zero-order chi connectivity index (χ0) is 8.53. The predicted octanol–water partition coefficient (Wildman–Crippen LogP) is 0.289. The molecule has 0 aromatic heterocycles. The number of likely N-dealkylation sites (N-methyl/N-ethyl adjacent to an activating group) is 1. The van der Waals surface area contributed by atoms with E-state index < -0.39 is 0 Å². The quantitative estimate of drug-likeness (QED) is 0.451. The Hall–Kier alpha value is -0.190. The molecule has 0 heterocycles. The molecule has 0 bridgehead atoms. The third-order valence-corrected chi connectivity index (χ3v) is 1.39.